The van der Waals surface area contributed by atoms with Gasteiger partial charge in [0, 0.05) is 18.6 Å². The molecule has 2 N–H and O–H groups in total. The molecule has 122 valence electrons. The van der Waals surface area contributed by atoms with Crippen LogP contribution in [0.25, 0.3) is 11.1 Å². The van der Waals surface area contributed by atoms with Crippen LogP contribution in [-0.2, 0) is 20.7 Å². The average Bonchev–Trinajstić information content (AvgIpc) is 2.59. The van der Waals surface area contributed by atoms with Crippen molar-refractivity contribution in [2.45, 2.75) is 18.6 Å². The van der Waals surface area contributed by atoms with E-state index in [2.05, 4.69) is 4.74 Å². The lowest BCUT2D eigenvalue weighted by Crippen LogP contribution is -2.50. The second-order valence-corrected chi connectivity index (χ2v) is 5.73. The molecule has 0 aromatic heterocycles. The number of aryl methyl sites for hydroxylation is 1. The number of rotatable bonds is 6. The van der Waals surface area contributed by atoms with Crippen molar-refractivity contribution >= 4 is 17.6 Å². The van der Waals surface area contributed by atoms with Gasteiger partial charge in [-0.15, -0.1) is 0 Å². The van der Waals surface area contributed by atoms with Crippen LogP contribution in [0.15, 0.2) is 48.5 Å². The van der Waals surface area contributed by atoms with Crippen molar-refractivity contribution in [3.8, 4) is 11.1 Å². The maximum atomic E-state index is 11.7. The lowest BCUT2D eigenvalue weighted by atomic mass is 9.99. The SMILES string of the molecule is COC(=O)C(N)(CCc1ccc(-c2cccc(Cl)c2)cc1)OC. The van der Waals surface area contributed by atoms with Crippen LogP contribution in [0.4, 0.5) is 0 Å². The number of nitrogens with two attached hydrogens (primary N) is 1. The summed E-state index contributed by atoms with van der Waals surface area (Å²) in [6, 6.07) is 15.7. The molecule has 0 amide bonds. The van der Waals surface area contributed by atoms with Crippen molar-refractivity contribution in [2.24, 2.45) is 5.73 Å². The Labute approximate surface area is 141 Å². The zero-order valence-corrected chi connectivity index (χ0v) is 14.0. The van der Waals surface area contributed by atoms with Gasteiger partial charge in [0.1, 0.15) is 0 Å². The van der Waals surface area contributed by atoms with Gasteiger partial charge in [-0.25, -0.2) is 4.79 Å². The van der Waals surface area contributed by atoms with Crippen LogP contribution in [-0.4, -0.2) is 25.9 Å². The minimum atomic E-state index is -1.42. The van der Waals surface area contributed by atoms with Crippen molar-refractivity contribution in [3.63, 3.8) is 0 Å². The minimum Gasteiger partial charge on any atom is -0.466 e. The summed E-state index contributed by atoms with van der Waals surface area (Å²) in [4.78, 5) is 11.7. The quantitative estimate of drug-likeness (QED) is 0.650. The molecule has 0 aliphatic carbocycles. The Morgan fingerprint density at radius 2 is 1.83 bits per heavy atom. The molecule has 2 aromatic rings. The monoisotopic (exact) mass is 333 g/mol. The van der Waals surface area contributed by atoms with Crippen LogP contribution < -0.4 is 5.73 Å². The highest BCUT2D eigenvalue weighted by atomic mass is 35.5. The first kappa shape index (κ1) is 17.5. The first-order valence-corrected chi connectivity index (χ1v) is 7.63. The third-order valence-corrected chi connectivity index (χ3v) is 4.03. The summed E-state index contributed by atoms with van der Waals surface area (Å²) < 4.78 is 9.79. The Bertz CT molecular complexity index is 672. The van der Waals surface area contributed by atoms with Gasteiger partial charge in [0.15, 0.2) is 0 Å². The molecular formula is C18H20ClNO3. The fourth-order valence-corrected chi connectivity index (χ4v) is 2.51. The van der Waals surface area contributed by atoms with Crippen LogP contribution in [0.2, 0.25) is 5.02 Å². The van der Waals surface area contributed by atoms with E-state index in [1.807, 2.05) is 48.5 Å². The summed E-state index contributed by atoms with van der Waals surface area (Å²) in [6.45, 7) is 0. The molecule has 0 saturated heterocycles. The van der Waals surface area contributed by atoms with E-state index < -0.39 is 11.7 Å². The normalized spacial score (nSPS) is 13.4. The molecule has 1 unspecified atom stereocenters. The molecule has 0 heterocycles. The van der Waals surface area contributed by atoms with E-state index in [4.69, 9.17) is 22.1 Å². The van der Waals surface area contributed by atoms with E-state index in [-0.39, 0.29) is 0 Å². The van der Waals surface area contributed by atoms with Crippen LogP contribution in [0.3, 0.4) is 0 Å². The standard InChI is InChI=1S/C18H20ClNO3/c1-22-17(21)18(20,23-2)11-10-13-6-8-14(9-7-13)15-4-3-5-16(19)12-15/h3-9,12H,10-11,20H2,1-2H3. The summed E-state index contributed by atoms with van der Waals surface area (Å²) in [5.41, 5.74) is 7.71. The Morgan fingerprint density at radius 3 is 2.39 bits per heavy atom. The van der Waals surface area contributed by atoms with Crippen molar-refractivity contribution in [3.05, 3.63) is 59.1 Å². The van der Waals surface area contributed by atoms with Gasteiger partial charge in [-0.2, -0.15) is 0 Å². The van der Waals surface area contributed by atoms with Crippen molar-refractivity contribution in [1.82, 2.24) is 0 Å². The number of ether oxygens (including phenoxy) is 2. The molecule has 0 bridgehead atoms. The highest BCUT2D eigenvalue weighted by Gasteiger charge is 2.34. The van der Waals surface area contributed by atoms with Crippen LogP contribution in [0.1, 0.15) is 12.0 Å². The van der Waals surface area contributed by atoms with Crippen LogP contribution in [0.5, 0.6) is 0 Å². The maximum Gasteiger partial charge on any atom is 0.353 e. The third-order valence-electron chi connectivity index (χ3n) is 3.79. The Morgan fingerprint density at radius 1 is 1.13 bits per heavy atom. The number of hydrogen-bond donors (Lipinski definition) is 1. The van der Waals surface area contributed by atoms with Crippen molar-refractivity contribution in [1.29, 1.82) is 0 Å². The molecule has 1 atom stereocenters. The molecule has 2 rings (SSSR count). The van der Waals surface area contributed by atoms with Gasteiger partial charge in [0.25, 0.3) is 0 Å². The molecule has 5 heteroatoms. The van der Waals surface area contributed by atoms with Crippen molar-refractivity contribution < 1.29 is 14.3 Å². The van der Waals surface area contributed by atoms with Crippen LogP contribution in [0, 0.1) is 0 Å². The second kappa shape index (κ2) is 7.59. The lowest BCUT2D eigenvalue weighted by molar-refractivity contribution is -0.166. The summed E-state index contributed by atoms with van der Waals surface area (Å²) in [5.74, 6) is -0.574. The topological polar surface area (TPSA) is 61.5 Å². The zero-order valence-electron chi connectivity index (χ0n) is 13.2. The Kier molecular flexibility index (Phi) is 5.77. The number of carbonyl (C=O) groups excluding carboxylic acids is 1. The summed E-state index contributed by atoms with van der Waals surface area (Å²) in [5, 5.41) is 0.706. The number of esters is 1. The molecular weight excluding hydrogens is 314 g/mol. The lowest BCUT2D eigenvalue weighted by Gasteiger charge is -2.24. The highest BCUT2D eigenvalue weighted by Crippen LogP contribution is 2.24. The summed E-state index contributed by atoms with van der Waals surface area (Å²) in [7, 11) is 2.70. The average molecular weight is 334 g/mol. The van der Waals surface area contributed by atoms with Crippen LogP contribution >= 0.6 is 11.6 Å². The number of benzene rings is 2. The van der Waals surface area contributed by atoms with E-state index in [0.29, 0.717) is 17.9 Å². The third kappa shape index (κ3) is 4.32. The molecule has 23 heavy (non-hydrogen) atoms. The molecule has 0 saturated carbocycles. The molecule has 0 fully saturated rings. The second-order valence-electron chi connectivity index (χ2n) is 5.29. The predicted molar refractivity (Wildman–Crippen MR) is 91.2 cm³/mol. The van der Waals surface area contributed by atoms with Gasteiger partial charge in [-0.05, 0) is 35.2 Å². The van der Waals surface area contributed by atoms with E-state index in [0.717, 1.165) is 16.7 Å². The van der Waals surface area contributed by atoms with Gasteiger partial charge in [-0.1, -0.05) is 48.0 Å². The highest BCUT2D eigenvalue weighted by molar-refractivity contribution is 6.30. The summed E-state index contributed by atoms with van der Waals surface area (Å²) >= 11 is 6.01. The molecule has 0 aliphatic heterocycles. The molecule has 0 radical (unpaired) electrons. The van der Waals surface area contributed by atoms with Gasteiger partial charge in [-0.3, -0.25) is 5.73 Å². The number of halogens is 1. The number of hydrogen-bond acceptors (Lipinski definition) is 4. The van der Waals surface area contributed by atoms with Gasteiger partial charge >= 0.3 is 5.97 Å². The fraction of sp³-hybridized carbons (Fsp3) is 0.278. The fourth-order valence-electron chi connectivity index (χ4n) is 2.32. The predicted octanol–water partition coefficient (Wildman–Crippen LogP) is 3.41. The van der Waals surface area contributed by atoms with E-state index >= 15 is 0 Å². The summed E-state index contributed by atoms with van der Waals surface area (Å²) in [6.07, 6.45) is 0.946. The van der Waals surface area contributed by atoms with E-state index in [1.54, 1.807) is 0 Å². The Hall–Kier alpha value is -1.88. The molecule has 0 aliphatic rings. The minimum absolute atomic E-state index is 0.340. The van der Waals surface area contributed by atoms with E-state index in [1.165, 1.54) is 14.2 Å². The first-order chi connectivity index (χ1) is 11.0. The Balaban J connectivity index is 2.07. The first-order valence-electron chi connectivity index (χ1n) is 7.26. The largest absolute Gasteiger partial charge is 0.466 e. The van der Waals surface area contributed by atoms with Gasteiger partial charge < -0.3 is 9.47 Å². The zero-order chi connectivity index (χ0) is 16.9. The molecule has 2 aromatic carbocycles. The molecule has 4 nitrogen and oxygen atoms in total. The smallest absolute Gasteiger partial charge is 0.353 e. The van der Waals surface area contributed by atoms with E-state index in [9.17, 15) is 4.79 Å². The van der Waals surface area contributed by atoms with Gasteiger partial charge in [0.2, 0.25) is 5.72 Å². The molecule has 0 spiro atoms. The number of methoxy groups -OCH3 is 2. The maximum absolute atomic E-state index is 11.7. The van der Waals surface area contributed by atoms with Gasteiger partial charge in [0.05, 0.1) is 7.11 Å². The van der Waals surface area contributed by atoms with Crippen molar-refractivity contribution in [2.75, 3.05) is 14.2 Å². The number of carbonyl (C=O) groups is 1.